The van der Waals surface area contributed by atoms with E-state index in [0.29, 0.717) is 5.71 Å². The van der Waals surface area contributed by atoms with Crippen molar-refractivity contribution in [2.24, 2.45) is 0 Å². The fraction of sp³-hybridized carbons (Fsp3) is 0.0417. The summed E-state index contributed by atoms with van der Waals surface area (Å²) in [6.07, 6.45) is 14.4. The first kappa shape index (κ1) is 19.1. The van der Waals surface area contributed by atoms with Crippen LogP contribution in [0.5, 0.6) is 0 Å². The minimum Gasteiger partial charge on any atom is -0.325 e. The van der Waals surface area contributed by atoms with Crippen LogP contribution in [0.2, 0.25) is 0 Å². The van der Waals surface area contributed by atoms with Crippen LogP contribution in [0.4, 0.5) is 5.82 Å². The first-order chi connectivity index (χ1) is 16.3. The Morgan fingerprint density at radius 1 is 0.909 bits per heavy atom. The molecule has 1 unspecified atom stereocenters. The van der Waals surface area contributed by atoms with Crippen molar-refractivity contribution >= 4 is 17.4 Å². The van der Waals surface area contributed by atoms with Crippen LogP contribution >= 0.6 is 0 Å². The summed E-state index contributed by atoms with van der Waals surface area (Å²) in [7, 11) is 0. The number of aromatic nitrogens is 5. The monoisotopic (exact) mass is 433 g/mol. The summed E-state index contributed by atoms with van der Waals surface area (Å²) >= 11 is 0. The molecule has 9 nitrogen and oxygen atoms in total. The Morgan fingerprint density at radius 3 is 2.30 bits per heavy atom. The SMILES string of the molecule is N=C(/C=C1\Nc2cc(-c3ccncc3)nn2C2=CC(c3ccncc3)NN21)c1ccncc1. The summed E-state index contributed by atoms with van der Waals surface area (Å²) in [6, 6.07) is 13.4. The van der Waals surface area contributed by atoms with Gasteiger partial charge in [-0.05, 0) is 48.0 Å². The van der Waals surface area contributed by atoms with Crippen LogP contribution in [0.1, 0.15) is 17.2 Å². The fourth-order valence-corrected chi connectivity index (χ4v) is 3.91. The Labute approximate surface area is 189 Å². The van der Waals surface area contributed by atoms with Crippen molar-refractivity contribution in [3.8, 4) is 11.3 Å². The minimum absolute atomic E-state index is 0.0668. The van der Waals surface area contributed by atoms with Gasteiger partial charge in [-0.1, -0.05) is 0 Å². The zero-order valence-corrected chi connectivity index (χ0v) is 17.4. The highest BCUT2D eigenvalue weighted by Gasteiger charge is 2.34. The van der Waals surface area contributed by atoms with Crippen LogP contribution in [0, 0.1) is 5.41 Å². The van der Waals surface area contributed by atoms with Gasteiger partial charge in [-0.25, -0.2) is 10.4 Å². The summed E-state index contributed by atoms with van der Waals surface area (Å²) in [6.45, 7) is 0. The standard InChI is InChI=1S/C24H19N9/c25-19(16-1-7-26-8-2-16)13-22-29-23-14-20(17-3-9-27-10-4-17)30-33(23)24-15-21(31-32(22)24)18-5-11-28-12-6-18/h1-15,21,25,29,31H/b22-13+,25-19?. The van der Waals surface area contributed by atoms with E-state index in [1.165, 1.54) is 0 Å². The van der Waals surface area contributed by atoms with Gasteiger partial charge in [0.1, 0.15) is 11.6 Å². The Kier molecular flexibility index (Phi) is 4.52. The first-order valence-electron chi connectivity index (χ1n) is 10.4. The van der Waals surface area contributed by atoms with Gasteiger partial charge < -0.3 is 10.7 Å². The van der Waals surface area contributed by atoms with E-state index in [4.69, 9.17) is 10.5 Å². The number of pyridine rings is 3. The van der Waals surface area contributed by atoms with Gasteiger partial charge in [0.25, 0.3) is 0 Å². The maximum atomic E-state index is 8.60. The Hall–Kier alpha value is -4.63. The summed E-state index contributed by atoms with van der Waals surface area (Å²) < 4.78 is 1.87. The zero-order chi connectivity index (χ0) is 22.2. The molecular formula is C24H19N9. The highest BCUT2D eigenvalue weighted by molar-refractivity contribution is 6.07. The van der Waals surface area contributed by atoms with Crippen LogP contribution in [0.25, 0.3) is 17.1 Å². The van der Waals surface area contributed by atoms with Gasteiger partial charge in [0.2, 0.25) is 0 Å². The van der Waals surface area contributed by atoms with Crippen LogP contribution in [0.3, 0.4) is 0 Å². The fourth-order valence-electron chi connectivity index (χ4n) is 3.91. The number of hydrazine groups is 1. The largest absolute Gasteiger partial charge is 0.325 e. The minimum atomic E-state index is -0.0668. The van der Waals surface area contributed by atoms with Crippen molar-refractivity contribution in [2.75, 3.05) is 5.32 Å². The third-order valence-electron chi connectivity index (χ3n) is 5.55. The molecule has 0 aromatic carbocycles. The number of fused-ring (bicyclic) bond motifs is 3. The van der Waals surface area contributed by atoms with E-state index in [-0.39, 0.29) is 6.04 Å². The molecule has 4 aromatic heterocycles. The van der Waals surface area contributed by atoms with E-state index in [0.717, 1.165) is 39.8 Å². The molecule has 0 aliphatic carbocycles. The number of anilines is 1. The molecule has 0 bridgehead atoms. The lowest BCUT2D eigenvalue weighted by molar-refractivity contribution is 0.337. The highest BCUT2D eigenvalue weighted by Crippen LogP contribution is 2.37. The van der Waals surface area contributed by atoms with E-state index in [1.54, 1.807) is 43.3 Å². The summed E-state index contributed by atoms with van der Waals surface area (Å²) in [4.78, 5) is 12.3. The van der Waals surface area contributed by atoms with Crippen LogP contribution in [-0.4, -0.2) is 35.5 Å². The third kappa shape index (κ3) is 3.46. The lowest BCUT2D eigenvalue weighted by atomic mass is 10.1. The second kappa shape index (κ2) is 7.81. The number of nitrogens with one attached hydrogen (secondary N) is 3. The Balaban J connectivity index is 1.44. The van der Waals surface area contributed by atoms with Crippen molar-refractivity contribution in [1.82, 2.24) is 35.2 Å². The molecule has 0 spiro atoms. The number of rotatable bonds is 4. The molecular weight excluding hydrogens is 414 g/mol. The van der Waals surface area contributed by atoms with Gasteiger partial charge in [-0.15, -0.1) is 0 Å². The predicted molar refractivity (Wildman–Crippen MR) is 124 cm³/mol. The second-order valence-electron chi connectivity index (χ2n) is 7.61. The highest BCUT2D eigenvalue weighted by atomic mass is 15.7. The van der Waals surface area contributed by atoms with E-state index < -0.39 is 0 Å². The molecule has 4 aromatic rings. The Bertz CT molecular complexity index is 1380. The molecule has 1 atom stereocenters. The van der Waals surface area contributed by atoms with Crippen molar-refractivity contribution in [2.45, 2.75) is 6.04 Å². The van der Waals surface area contributed by atoms with Crippen molar-refractivity contribution < 1.29 is 0 Å². The van der Waals surface area contributed by atoms with Gasteiger partial charge in [0, 0.05) is 60.5 Å². The average Bonchev–Trinajstić information content (AvgIpc) is 3.51. The second-order valence-corrected chi connectivity index (χ2v) is 7.61. The van der Waals surface area contributed by atoms with Gasteiger partial charge >= 0.3 is 0 Å². The molecule has 0 fully saturated rings. The molecule has 2 aliphatic heterocycles. The summed E-state index contributed by atoms with van der Waals surface area (Å²) in [5.41, 5.74) is 7.56. The molecule has 0 radical (unpaired) electrons. The van der Waals surface area contributed by atoms with Crippen molar-refractivity contribution in [3.05, 3.63) is 109 Å². The molecule has 9 heteroatoms. The molecule has 2 aliphatic rings. The predicted octanol–water partition coefficient (Wildman–Crippen LogP) is 3.43. The molecule has 0 amide bonds. The van der Waals surface area contributed by atoms with E-state index in [1.807, 2.05) is 52.2 Å². The molecule has 33 heavy (non-hydrogen) atoms. The zero-order valence-electron chi connectivity index (χ0n) is 17.4. The lowest BCUT2D eigenvalue weighted by Gasteiger charge is -2.32. The van der Waals surface area contributed by atoms with Gasteiger partial charge in [0.05, 0.1) is 17.4 Å². The van der Waals surface area contributed by atoms with Gasteiger partial charge in [-0.3, -0.25) is 15.0 Å². The number of nitrogens with zero attached hydrogens (tertiary/aromatic N) is 6. The smallest absolute Gasteiger partial charge is 0.150 e. The topological polar surface area (TPSA) is 108 Å². The van der Waals surface area contributed by atoms with E-state index in [2.05, 4.69) is 31.8 Å². The van der Waals surface area contributed by atoms with Crippen molar-refractivity contribution in [1.29, 1.82) is 5.41 Å². The van der Waals surface area contributed by atoms with Crippen molar-refractivity contribution in [3.63, 3.8) is 0 Å². The average molecular weight is 433 g/mol. The van der Waals surface area contributed by atoms with Gasteiger partial charge in [0.15, 0.2) is 5.82 Å². The summed E-state index contributed by atoms with van der Waals surface area (Å²) in [5, 5.41) is 18.8. The summed E-state index contributed by atoms with van der Waals surface area (Å²) in [5.74, 6) is 2.41. The normalized spacial score (nSPS) is 17.8. The number of hydrogen-bond acceptors (Lipinski definition) is 8. The molecule has 0 saturated carbocycles. The molecule has 6 heterocycles. The van der Waals surface area contributed by atoms with Gasteiger partial charge in [-0.2, -0.15) is 9.78 Å². The van der Waals surface area contributed by atoms with Crippen LogP contribution in [0.15, 0.2) is 97.6 Å². The first-order valence-corrected chi connectivity index (χ1v) is 10.4. The maximum Gasteiger partial charge on any atom is 0.150 e. The molecule has 6 rings (SSSR count). The quantitative estimate of drug-likeness (QED) is 0.423. The maximum absolute atomic E-state index is 8.60. The van der Waals surface area contributed by atoms with E-state index >= 15 is 0 Å². The number of allylic oxidation sites excluding steroid dienone is 1. The molecule has 0 saturated heterocycles. The third-order valence-corrected chi connectivity index (χ3v) is 5.55. The molecule has 3 N–H and O–H groups in total. The van der Waals surface area contributed by atoms with E-state index in [9.17, 15) is 0 Å². The molecule has 160 valence electrons. The lowest BCUT2D eigenvalue weighted by Crippen LogP contribution is -2.40. The Morgan fingerprint density at radius 2 is 1.58 bits per heavy atom. The van der Waals surface area contributed by atoms with Crippen LogP contribution in [-0.2, 0) is 0 Å². The van der Waals surface area contributed by atoms with Crippen LogP contribution < -0.4 is 10.7 Å². The number of hydrogen-bond donors (Lipinski definition) is 3.